The first kappa shape index (κ1) is 18.4. The first-order chi connectivity index (χ1) is 15.3. The molecule has 1 aliphatic heterocycles. The van der Waals surface area contributed by atoms with Crippen LogP contribution in [0.15, 0.2) is 71.1 Å². The van der Waals surface area contributed by atoms with Crippen LogP contribution >= 0.6 is 11.3 Å². The number of furan rings is 1. The third kappa shape index (κ3) is 3.24. The van der Waals surface area contributed by atoms with Crippen molar-refractivity contribution in [3.05, 3.63) is 71.7 Å². The zero-order valence-electron chi connectivity index (χ0n) is 16.8. The summed E-state index contributed by atoms with van der Waals surface area (Å²) in [6.07, 6.45) is 1.93. The first-order valence-electron chi connectivity index (χ1n) is 10.5. The molecular weight excluding hydrogens is 408 g/mol. The van der Waals surface area contributed by atoms with E-state index in [1.54, 1.807) is 11.3 Å². The van der Waals surface area contributed by atoms with E-state index in [4.69, 9.17) is 14.1 Å². The Morgan fingerprint density at radius 1 is 1.06 bits per heavy atom. The van der Waals surface area contributed by atoms with Gasteiger partial charge in [0.05, 0.1) is 16.3 Å². The predicted molar refractivity (Wildman–Crippen MR) is 123 cm³/mol. The van der Waals surface area contributed by atoms with Gasteiger partial charge in [-0.15, -0.1) is 11.3 Å². The van der Waals surface area contributed by atoms with Crippen molar-refractivity contribution in [1.29, 1.82) is 0 Å². The van der Waals surface area contributed by atoms with Crippen LogP contribution in [0.2, 0.25) is 0 Å². The highest BCUT2D eigenvalue weighted by atomic mass is 32.1. The van der Waals surface area contributed by atoms with Crippen molar-refractivity contribution in [3.8, 4) is 5.75 Å². The average molecular weight is 429 g/mol. The highest BCUT2D eigenvalue weighted by molar-refractivity contribution is 7.18. The van der Waals surface area contributed by atoms with Crippen LogP contribution < -0.4 is 4.74 Å². The molecule has 1 aliphatic rings. The molecule has 0 bridgehead atoms. The summed E-state index contributed by atoms with van der Waals surface area (Å²) in [4.78, 5) is 19.7. The Bertz CT molecular complexity index is 1390. The maximum absolute atomic E-state index is 13.0. The van der Waals surface area contributed by atoms with Gasteiger partial charge in [0.15, 0.2) is 6.61 Å². The molecule has 6 rings (SSSR count). The number of aromatic nitrogens is 1. The van der Waals surface area contributed by atoms with Crippen molar-refractivity contribution in [2.75, 3.05) is 13.2 Å². The summed E-state index contributed by atoms with van der Waals surface area (Å²) < 4.78 is 12.9. The van der Waals surface area contributed by atoms with Crippen LogP contribution in [0, 0.1) is 0 Å². The minimum absolute atomic E-state index is 0.00101. The van der Waals surface area contributed by atoms with Crippen molar-refractivity contribution in [2.24, 2.45) is 0 Å². The van der Waals surface area contributed by atoms with Gasteiger partial charge in [0.25, 0.3) is 5.91 Å². The van der Waals surface area contributed by atoms with Gasteiger partial charge in [0.1, 0.15) is 21.9 Å². The first-order valence-corrected chi connectivity index (χ1v) is 11.3. The third-order valence-electron chi connectivity index (χ3n) is 5.88. The number of para-hydroxylation sites is 2. The molecule has 1 atom stereocenters. The maximum Gasteiger partial charge on any atom is 0.261 e. The van der Waals surface area contributed by atoms with Crippen molar-refractivity contribution >= 4 is 49.4 Å². The van der Waals surface area contributed by atoms with Gasteiger partial charge in [-0.2, -0.15) is 0 Å². The monoisotopic (exact) mass is 428 g/mol. The molecule has 1 saturated heterocycles. The number of hydrogen-bond donors (Lipinski definition) is 0. The van der Waals surface area contributed by atoms with Crippen molar-refractivity contribution in [2.45, 2.75) is 18.9 Å². The number of thiazole rings is 1. The molecule has 0 spiro atoms. The normalized spacial score (nSPS) is 16.5. The highest BCUT2D eigenvalue weighted by Gasteiger charge is 2.32. The molecule has 154 valence electrons. The van der Waals surface area contributed by atoms with Crippen LogP contribution in [-0.2, 0) is 4.79 Å². The smallest absolute Gasteiger partial charge is 0.261 e. The molecule has 3 aromatic carbocycles. The van der Waals surface area contributed by atoms with Crippen LogP contribution in [-0.4, -0.2) is 28.9 Å². The summed E-state index contributed by atoms with van der Waals surface area (Å²) in [5, 5.41) is 3.05. The largest absolute Gasteiger partial charge is 0.484 e. The summed E-state index contributed by atoms with van der Waals surface area (Å²) in [7, 11) is 0. The lowest BCUT2D eigenvalue weighted by atomic mass is 10.1. The molecule has 0 saturated carbocycles. The van der Waals surface area contributed by atoms with Gasteiger partial charge in [-0.25, -0.2) is 4.98 Å². The van der Waals surface area contributed by atoms with Crippen LogP contribution in [0.25, 0.3) is 32.2 Å². The Morgan fingerprint density at radius 2 is 1.90 bits per heavy atom. The Kier molecular flexibility index (Phi) is 4.39. The molecule has 5 aromatic rings. The summed E-state index contributed by atoms with van der Waals surface area (Å²) in [5.74, 6) is 0.669. The van der Waals surface area contributed by atoms with E-state index < -0.39 is 0 Å². The van der Waals surface area contributed by atoms with Crippen LogP contribution in [0.1, 0.15) is 23.9 Å². The van der Waals surface area contributed by atoms with E-state index in [1.807, 2.05) is 65.6 Å². The van der Waals surface area contributed by atoms with Crippen LogP contribution in [0.4, 0.5) is 0 Å². The number of ether oxygens (including phenoxy) is 1. The van der Waals surface area contributed by atoms with Crippen molar-refractivity contribution in [3.63, 3.8) is 0 Å². The van der Waals surface area contributed by atoms with E-state index in [0.29, 0.717) is 5.75 Å². The fraction of sp³-hybridized carbons (Fsp3) is 0.200. The molecule has 2 aromatic heterocycles. The van der Waals surface area contributed by atoms with E-state index in [9.17, 15) is 4.79 Å². The molecule has 0 N–H and O–H groups in total. The van der Waals surface area contributed by atoms with Gasteiger partial charge >= 0.3 is 0 Å². The summed E-state index contributed by atoms with van der Waals surface area (Å²) >= 11 is 1.68. The van der Waals surface area contributed by atoms with Gasteiger partial charge in [-0.3, -0.25) is 4.79 Å². The third-order valence-corrected chi connectivity index (χ3v) is 7.02. The van der Waals surface area contributed by atoms with Gasteiger partial charge < -0.3 is 14.1 Å². The van der Waals surface area contributed by atoms with Gasteiger partial charge in [-0.1, -0.05) is 30.3 Å². The van der Waals surface area contributed by atoms with E-state index >= 15 is 0 Å². The van der Waals surface area contributed by atoms with Crippen molar-refractivity contribution in [1.82, 2.24) is 9.88 Å². The Balaban J connectivity index is 1.20. The second kappa shape index (κ2) is 7.39. The highest BCUT2D eigenvalue weighted by Crippen LogP contribution is 2.36. The van der Waals surface area contributed by atoms with Crippen molar-refractivity contribution < 1.29 is 13.9 Å². The number of benzene rings is 3. The maximum atomic E-state index is 13.0. The summed E-state index contributed by atoms with van der Waals surface area (Å²) in [5.41, 5.74) is 2.66. The van der Waals surface area contributed by atoms with E-state index in [1.165, 1.54) is 0 Å². The van der Waals surface area contributed by atoms with Gasteiger partial charge in [-0.05, 0) is 49.2 Å². The lowest BCUT2D eigenvalue weighted by Crippen LogP contribution is -2.34. The molecule has 5 nitrogen and oxygen atoms in total. The van der Waals surface area contributed by atoms with Crippen LogP contribution in [0.5, 0.6) is 5.75 Å². The molecule has 6 heteroatoms. The van der Waals surface area contributed by atoms with E-state index in [2.05, 4.69) is 6.07 Å². The lowest BCUT2D eigenvalue weighted by molar-refractivity contribution is -0.134. The van der Waals surface area contributed by atoms with Crippen LogP contribution in [0.3, 0.4) is 0 Å². The number of likely N-dealkylation sites (tertiary alicyclic amines) is 1. The molecule has 3 heterocycles. The number of nitrogens with zero attached hydrogens (tertiary/aromatic N) is 2. The van der Waals surface area contributed by atoms with E-state index in [-0.39, 0.29) is 18.6 Å². The molecule has 1 amide bonds. The molecule has 0 aliphatic carbocycles. The second-order valence-electron chi connectivity index (χ2n) is 7.81. The lowest BCUT2D eigenvalue weighted by Gasteiger charge is -2.23. The molecule has 31 heavy (non-hydrogen) atoms. The topological polar surface area (TPSA) is 55.6 Å². The average Bonchev–Trinajstić information content (AvgIpc) is 3.53. The molecular formula is C25H20N2O3S. The summed E-state index contributed by atoms with van der Waals surface area (Å²) in [6, 6.07) is 21.8. The standard InChI is InChI=1S/C25H20N2O3S/c28-24(27-13-5-8-20(27)25-26-19-7-2-4-10-23(19)31-25)15-29-16-11-12-22-18(14-16)17-6-1-3-9-21(17)30-22/h1-4,6-7,9-12,14,20H,5,8,13,15H2. The van der Waals surface area contributed by atoms with E-state index in [0.717, 1.165) is 56.5 Å². The number of carbonyl (C=O) groups is 1. The van der Waals surface area contributed by atoms with Gasteiger partial charge in [0, 0.05) is 17.3 Å². The summed E-state index contributed by atoms with van der Waals surface area (Å²) in [6.45, 7) is 0.761. The fourth-order valence-electron chi connectivity index (χ4n) is 4.38. The quantitative estimate of drug-likeness (QED) is 0.356. The second-order valence-corrected chi connectivity index (χ2v) is 8.87. The molecule has 0 radical (unpaired) electrons. The number of carbonyl (C=O) groups excluding carboxylic acids is 1. The Morgan fingerprint density at radius 3 is 2.84 bits per heavy atom. The molecule has 1 unspecified atom stereocenters. The molecule has 1 fully saturated rings. The minimum atomic E-state index is -0.00101. The Labute approximate surface area is 182 Å². The number of rotatable bonds is 4. The zero-order chi connectivity index (χ0) is 20.8. The number of hydrogen-bond acceptors (Lipinski definition) is 5. The van der Waals surface area contributed by atoms with Gasteiger partial charge in [0.2, 0.25) is 0 Å². The predicted octanol–water partition coefficient (Wildman–Crippen LogP) is 5.94. The Hall–Kier alpha value is -3.38. The SMILES string of the molecule is O=C(COc1ccc2oc3ccccc3c2c1)N1CCCC1c1nc2ccccc2s1. The zero-order valence-corrected chi connectivity index (χ0v) is 17.6. The minimum Gasteiger partial charge on any atom is -0.484 e. The number of amides is 1. The number of fused-ring (bicyclic) bond motifs is 4. The fourth-order valence-corrected chi connectivity index (χ4v) is 5.49.